The molecule has 1 aromatic heterocycles. The lowest BCUT2D eigenvalue weighted by molar-refractivity contribution is 0.0714. The number of hydrogen-bond acceptors (Lipinski definition) is 4. The van der Waals surface area contributed by atoms with Crippen LogP contribution in [0.1, 0.15) is 29.1 Å². The van der Waals surface area contributed by atoms with Gasteiger partial charge in [-0.1, -0.05) is 46.9 Å². The average Bonchev–Trinajstić information content (AvgIpc) is 3.37. The topological polar surface area (TPSA) is 59.2 Å². The molecule has 0 spiro atoms. The second kappa shape index (κ2) is 7.50. The fourth-order valence-corrected chi connectivity index (χ4v) is 3.55. The van der Waals surface area contributed by atoms with Gasteiger partial charge in [0.05, 0.1) is 17.1 Å². The first-order valence-corrected chi connectivity index (χ1v) is 9.49. The molecular formula is C19H14Cl3N3O2. The second-order valence-electron chi connectivity index (χ2n) is 6.30. The Labute approximate surface area is 170 Å². The highest BCUT2D eigenvalue weighted by atomic mass is 35.5. The fourth-order valence-electron chi connectivity index (χ4n) is 2.80. The van der Waals surface area contributed by atoms with Crippen molar-refractivity contribution in [2.45, 2.75) is 25.4 Å². The van der Waals surface area contributed by atoms with E-state index in [0.717, 1.165) is 12.8 Å². The molecule has 0 radical (unpaired) electrons. The molecule has 1 amide bonds. The van der Waals surface area contributed by atoms with Crippen LogP contribution in [-0.2, 0) is 6.54 Å². The molecule has 1 fully saturated rings. The van der Waals surface area contributed by atoms with Crippen LogP contribution in [0.25, 0.3) is 11.5 Å². The summed E-state index contributed by atoms with van der Waals surface area (Å²) in [6, 6.07) is 12.2. The Balaban J connectivity index is 1.58. The predicted molar refractivity (Wildman–Crippen MR) is 104 cm³/mol. The molecule has 0 bridgehead atoms. The molecule has 0 saturated heterocycles. The largest absolute Gasteiger partial charge is 0.419 e. The number of carbonyl (C=O) groups is 1. The Morgan fingerprint density at radius 3 is 2.44 bits per heavy atom. The van der Waals surface area contributed by atoms with Crippen molar-refractivity contribution in [2.24, 2.45) is 0 Å². The third-order valence-corrected chi connectivity index (χ3v) is 5.00. The number of benzene rings is 2. The molecule has 0 N–H and O–H groups in total. The molecular weight excluding hydrogens is 409 g/mol. The van der Waals surface area contributed by atoms with E-state index in [1.54, 1.807) is 35.2 Å². The minimum absolute atomic E-state index is 0.144. The van der Waals surface area contributed by atoms with Crippen molar-refractivity contribution in [3.05, 3.63) is 69.0 Å². The highest BCUT2D eigenvalue weighted by molar-refractivity contribution is 6.35. The van der Waals surface area contributed by atoms with Gasteiger partial charge in [0.1, 0.15) is 0 Å². The van der Waals surface area contributed by atoms with Crippen molar-refractivity contribution in [3.63, 3.8) is 0 Å². The molecule has 1 saturated carbocycles. The van der Waals surface area contributed by atoms with Gasteiger partial charge in [0, 0.05) is 21.7 Å². The van der Waals surface area contributed by atoms with Gasteiger partial charge in [0.15, 0.2) is 0 Å². The lowest BCUT2D eigenvalue weighted by atomic mass is 10.2. The minimum Gasteiger partial charge on any atom is -0.419 e. The zero-order chi connectivity index (χ0) is 19.0. The van der Waals surface area contributed by atoms with Crippen LogP contribution < -0.4 is 0 Å². The summed E-state index contributed by atoms with van der Waals surface area (Å²) in [5, 5.41) is 9.49. The van der Waals surface area contributed by atoms with Crippen LogP contribution in [0, 0.1) is 0 Å². The Hall–Kier alpha value is -2.08. The molecule has 4 rings (SSSR count). The van der Waals surface area contributed by atoms with Gasteiger partial charge in [-0.15, -0.1) is 10.2 Å². The number of hydrogen-bond donors (Lipinski definition) is 0. The van der Waals surface area contributed by atoms with Gasteiger partial charge in [0.25, 0.3) is 5.91 Å². The smallest absolute Gasteiger partial charge is 0.254 e. The first-order valence-electron chi connectivity index (χ1n) is 8.35. The van der Waals surface area contributed by atoms with Crippen LogP contribution in [0.15, 0.2) is 46.9 Å². The zero-order valence-electron chi connectivity index (χ0n) is 14.0. The van der Waals surface area contributed by atoms with Crippen LogP contribution >= 0.6 is 34.8 Å². The molecule has 0 aliphatic heterocycles. The first-order chi connectivity index (χ1) is 13.0. The molecule has 1 aliphatic carbocycles. The van der Waals surface area contributed by atoms with Crippen molar-refractivity contribution in [3.8, 4) is 11.5 Å². The number of rotatable bonds is 5. The molecule has 1 aliphatic rings. The molecule has 0 unspecified atom stereocenters. The minimum atomic E-state index is -0.167. The van der Waals surface area contributed by atoms with Gasteiger partial charge in [-0.05, 0) is 43.2 Å². The normalized spacial score (nSPS) is 13.6. The Morgan fingerprint density at radius 2 is 1.78 bits per heavy atom. The maximum absolute atomic E-state index is 13.0. The summed E-state index contributed by atoms with van der Waals surface area (Å²) in [7, 11) is 0. The number of amides is 1. The first kappa shape index (κ1) is 18.3. The Kier molecular flexibility index (Phi) is 5.08. The maximum Gasteiger partial charge on any atom is 0.254 e. The molecule has 8 heteroatoms. The van der Waals surface area contributed by atoms with Crippen molar-refractivity contribution in [1.82, 2.24) is 15.1 Å². The van der Waals surface area contributed by atoms with Gasteiger partial charge in [0.2, 0.25) is 11.8 Å². The van der Waals surface area contributed by atoms with E-state index in [9.17, 15) is 4.79 Å². The summed E-state index contributed by atoms with van der Waals surface area (Å²) in [5.41, 5.74) is 1.09. The van der Waals surface area contributed by atoms with Crippen molar-refractivity contribution in [1.29, 1.82) is 0 Å². The van der Waals surface area contributed by atoms with Gasteiger partial charge in [-0.3, -0.25) is 4.79 Å². The van der Waals surface area contributed by atoms with E-state index in [1.165, 1.54) is 0 Å². The third-order valence-electron chi connectivity index (χ3n) is 4.23. The number of nitrogens with zero attached hydrogens (tertiary/aromatic N) is 3. The van der Waals surface area contributed by atoms with E-state index in [1.807, 2.05) is 12.1 Å². The van der Waals surface area contributed by atoms with Gasteiger partial charge >= 0.3 is 0 Å². The monoisotopic (exact) mass is 421 g/mol. The molecule has 0 atom stereocenters. The van der Waals surface area contributed by atoms with Crippen molar-refractivity contribution < 1.29 is 9.21 Å². The molecule has 27 heavy (non-hydrogen) atoms. The summed E-state index contributed by atoms with van der Waals surface area (Å²) >= 11 is 18.2. The standard InChI is InChI=1S/C19H14Cl3N3O2/c20-12-7-11(8-13(21)9-12)19(26)25(14-5-6-14)10-17-23-24-18(27-17)15-3-1-2-4-16(15)22/h1-4,7-9,14H,5-6,10H2. The summed E-state index contributed by atoms with van der Waals surface area (Å²) in [6.07, 6.45) is 1.87. The molecule has 5 nitrogen and oxygen atoms in total. The van der Waals surface area contributed by atoms with Crippen molar-refractivity contribution >= 4 is 40.7 Å². The lowest BCUT2D eigenvalue weighted by Crippen LogP contribution is -2.32. The van der Waals surface area contributed by atoms with Crippen LogP contribution in [0.5, 0.6) is 0 Å². The fraction of sp³-hybridized carbons (Fsp3) is 0.211. The predicted octanol–water partition coefficient (Wildman–Crippen LogP) is 5.50. The Bertz CT molecular complexity index is 981. The average molecular weight is 423 g/mol. The maximum atomic E-state index is 13.0. The molecule has 1 heterocycles. The number of halogens is 3. The van der Waals surface area contributed by atoms with E-state index in [0.29, 0.717) is 38.0 Å². The van der Waals surface area contributed by atoms with E-state index in [2.05, 4.69) is 10.2 Å². The van der Waals surface area contributed by atoms with E-state index >= 15 is 0 Å². The lowest BCUT2D eigenvalue weighted by Gasteiger charge is -2.20. The van der Waals surface area contributed by atoms with E-state index in [4.69, 9.17) is 39.2 Å². The quantitative estimate of drug-likeness (QED) is 0.544. The number of aromatic nitrogens is 2. The SMILES string of the molecule is O=C(c1cc(Cl)cc(Cl)c1)N(Cc1nnc(-c2ccccc2Cl)o1)C1CC1. The van der Waals surface area contributed by atoms with Crippen LogP contribution in [0.2, 0.25) is 15.1 Å². The second-order valence-corrected chi connectivity index (χ2v) is 7.58. The van der Waals surface area contributed by atoms with Gasteiger partial charge in [-0.25, -0.2) is 0 Å². The summed E-state index contributed by atoms with van der Waals surface area (Å²) < 4.78 is 5.74. The zero-order valence-corrected chi connectivity index (χ0v) is 16.3. The van der Waals surface area contributed by atoms with Gasteiger partial charge < -0.3 is 9.32 Å². The van der Waals surface area contributed by atoms with Crippen LogP contribution in [0.4, 0.5) is 0 Å². The third kappa shape index (κ3) is 4.10. The van der Waals surface area contributed by atoms with Crippen LogP contribution in [0.3, 0.4) is 0 Å². The van der Waals surface area contributed by atoms with Crippen molar-refractivity contribution in [2.75, 3.05) is 0 Å². The highest BCUT2D eigenvalue weighted by Gasteiger charge is 2.34. The van der Waals surface area contributed by atoms with Crippen LogP contribution in [-0.4, -0.2) is 27.0 Å². The summed E-state index contributed by atoms with van der Waals surface area (Å²) in [6.45, 7) is 0.213. The van der Waals surface area contributed by atoms with Gasteiger partial charge in [-0.2, -0.15) is 0 Å². The molecule has 138 valence electrons. The van der Waals surface area contributed by atoms with E-state index < -0.39 is 0 Å². The Morgan fingerprint density at radius 1 is 1.07 bits per heavy atom. The highest BCUT2D eigenvalue weighted by Crippen LogP contribution is 2.32. The molecule has 2 aromatic carbocycles. The van der Waals surface area contributed by atoms with E-state index in [-0.39, 0.29) is 18.5 Å². The number of carbonyl (C=O) groups excluding carboxylic acids is 1. The molecule has 3 aromatic rings. The summed E-state index contributed by atoms with van der Waals surface area (Å²) in [5.74, 6) is 0.502. The summed E-state index contributed by atoms with van der Waals surface area (Å²) in [4.78, 5) is 14.7.